The van der Waals surface area contributed by atoms with Crippen LogP contribution in [0, 0.1) is 16.7 Å². The Hall–Kier alpha value is -2.72. The fraction of sp³-hybridized carbons (Fsp3) is 0. The van der Waals surface area contributed by atoms with E-state index in [9.17, 15) is 0 Å². The van der Waals surface area contributed by atoms with E-state index in [-0.39, 0.29) is 16.4 Å². The third kappa shape index (κ3) is 2.29. The number of amidine groups is 1. The number of fused-ring (bicyclic) bond motifs is 1. The van der Waals surface area contributed by atoms with Gasteiger partial charge in [0.15, 0.2) is 0 Å². The number of aromatic amines is 1. The summed E-state index contributed by atoms with van der Waals surface area (Å²) in [6.45, 7) is 0. The van der Waals surface area contributed by atoms with Crippen LogP contribution >= 0.6 is 12.2 Å². The molecule has 0 atom stereocenters. The number of pyridine rings is 1. The lowest BCUT2D eigenvalue weighted by molar-refractivity contribution is 1.32. The van der Waals surface area contributed by atoms with Crippen LogP contribution in [-0.4, -0.2) is 20.8 Å². The Labute approximate surface area is 114 Å². The number of hydrogen-bond acceptors (Lipinski definition) is 4. The zero-order valence-electron chi connectivity index (χ0n) is 9.77. The Bertz CT molecular complexity index is 749. The number of rotatable bonds is 3. The molecular formula is C12H10N6S. The molecule has 0 unspecified atom stereocenters. The summed E-state index contributed by atoms with van der Waals surface area (Å²) in [5.74, 6) is -0.0736. The number of hydrogen-bond donors (Lipinski definition) is 4. The van der Waals surface area contributed by atoms with E-state index >= 15 is 0 Å². The van der Waals surface area contributed by atoms with E-state index in [0.29, 0.717) is 22.2 Å². The van der Waals surface area contributed by atoms with E-state index in [1.54, 1.807) is 24.5 Å². The van der Waals surface area contributed by atoms with Crippen molar-refractivity contribution in [3.63, 3.8) is 0 Å². The molecule has 0 aliphatic heterocycles. The van der Waals surface area contributed by atoms with E-state index in [1.807, 2.05) is 6.07 Å². The van der Waals surface area contributed by atoms with E-state index in [2.05, 4.69) is 9.97 Å². The molecule has 94 valence electrons. The maximum atomic E-state index is 8.97. The number of aromatic nitrogens is 2. The van der Waals surface area contributed by atoms with E-state index in [4.69, 9.17) is 34.4 Å². The molecule has 0 amide bonds. The highest BCUT2D eigenvalue weighted by molar-refractivity contribution is 7.80. The lowest BCUT2D eigenvalue weighted by atomic mass is 10.1. The number of nitrogens with two attached hydrogens (primary N) is 2. The lowest BCUT2D eigenvalue weighted by Crippen LogP contribution is -2.12. The molecule has 0 spiro atoms. The van der Waals surface area contributed by atoms with Crippen LogP contribution in [0.5, 0.6) is 0 Å². The Morgan fingerprint density at radius 3 is 2.84 bits per heavy atom. The summed E-state index contributed by atoms with van der Waals surface area (Å²) in [7, 11) is 0. The highest BCUT2D eigenvalue weighted by Gasteiger charge is 2.11. The molecule has 0 aliphatic carbocycles. The van der Waals surface area contributed by atoms with Gasteiger partial charge in [0.25, 0.3) is 0 Å². The van der Waals surface area contributed by atoms with Crippen LogP contribution < -0.4 is 11.5 Å². The maximum Gasteiger partial charge on any atom is 0.138 e. The van der Waals surface area contributed by atoms with Gasteiger partial charge in [-0.25, -0.2) is 4.98 Å². The van der Waals surface area contributed by atoms with Gasteiger partial charge in [0.05, 0.1) is 5.57 Å². The molecule has 7 heteroatoms. The first-order valence-electron chi connectivity index (χ1n) is 5.26. The summed E-state index contributed by atoms with van der Waals surface area (Å²) in [5.41, 5.74) is 13.0. The van der Waals surface area contributed by atoms with Gasteiger partial charge in [0.2, 0.25) is 0 Å². The molecular weight excluding hydrogens is 260 g/mol. The standard InChI is InChI=1S/C12H10N6S/c13-4-6(11(16)19)3-7-5-18-12-9(7)8(10(14)15)1-2-17-12/h1-3,5H,(H3,14,15)(H2,16,19)(H,17,18). The molecule has 2 aromatic heterocycles. The first-order valence-corrected chi connectivity index (χ1v) is 5.67. The first kappa shape index (κ1) is 12.7. The molecule has 0 saturated carbocycles. The van der Waals surface area contributed by atoms with Crippen molar-refractivity contribution in [1.29, 1.82) is 10.7 Å². The maximum absolute atomic E-state index is 8.97. The van der Waals surface area contributed by atoms with E-state index in [1.165, 1.54) is 0 Å². The highest BCUT2D eigenvalue weighted by atomic mass is 32.1. The minimum Gasteiger partial charge on any atom is -0.389 e. The third-order valence-corrected chi connectivity index (χ3v) is 2.80. The number of nitrogen functional groups attached to an aromatic ring is 1. The van der Waals surface area contributed by atoms with Gasteiger partial charge in [-0.15, -0.1) is 0 Å². The second-order valence-electron chi connectivity index (χ2n) is 3.77. The summed E-state index contributed by atoms with van der Waals surface area (Å²) >= 11 is 4.79. The Morgan fingerprint density at radius 2 is 2.26 bits per heavy atom. The van der Waals surface area contributed by atoms with Crippen molar-refractivity contribution in [3.05, 3.63) is 35.2 Å². The minimum atomic E-state index is -0.0736. The molecule has 19 heavy (non-hydrogen) atoms. The van der Waals surface area contributed by atoms with Gasteiger partial charge in [-0.1, -0.05) is 12.2 Å². The molecule has 6 nitrogen and oxygen atoms in total. The summed E-state index contributed by atoms with van der Waals surface area (Å²) in [4.78, 5) is 7.11. The number of thiocarbonyl (C=S) groups is 1. The fourth-order valence-electron chi connectivity index (χ4n) is 1.73. The minimum absolute atomic E-state index is 0.0186. The van der Waals surface area contributed by atoms with Crippen LogP contribution in [0.1, 0.15) is 11.1 Å². The van der Waals surface area contributed by atoms with Crippen molar-refractivity contribution in [2.24, 2.45) is 11.5 Å². The van der Waals surface area contributed by atoms with Crippen molar-refractivity contribution < 1.29 is 0 Å². The molecule has 0 fully saturated rings. The summed E-state index contributed by atoms with van der Waals surface area (Å²) < 4.78 is 0. The normalized spacial score (nSPS) is 11.2. The van der Waals surface area contributed by atoms with Crippen molar-refractivity contribution in [2.45, 2.75) is 0 Å². The summed E-state index contributed by atoms with van der Waals surface area (Å²) in [5, 5.41) is 17.2. The second kappa shape index (κ2) is 4.88. The molecule has 0 bridgehead atoms. The second-order valence-corrected chi connectivity index (χ2v) is 4.21. The third-order valence-electron chi connectivity index (χ3n) is 2.58. The van der Waals surface area contributed by atoms with Crippen molar-refractivity contribution in [1.82, 2.24) is 9.97 Å². The topological polar surface area (TPSA) is 128 Å². The smallest absolute Gasteiger partial charge is 0.138 e. The van der Waals surface area contributed by atoms with E-state index < -0.39 is 0 Å². The van der Waals surface area contributed by atoms with Crippen LogP contribution in [0.4, 0.5) is 0 Å². The fourth-order valence-corrected chi connectivity index (χ4v) is 1.84. The van der Waals surface area contributed by atoms with Crippen LogP contribution in [0.3, 0.4) is 0 Å². The number of nitriles is 1. The average Bonchev–Trinajstić information content (AvgIpc) is 2.78. The number of H-pyrrole nitrogens is 1. The predicted molar refractivity (Wildman–Crippen MR) is 77.5 cm³/mol. The van der Waals surface area contributed by atoms with Gasteiger partial charge >= 0.3 is 0 Å². The number of nitrogens with zero attached hydrogens (tertiary/aromatic N) is 2. The molecule has 0 aromatic carbocycles. The van der Waals surface area contributed by atoms with Crippen LogP contribution in [0.15, 0.2) is 24.0 Å². The molecule has 0 aliphatic rings. The van der Waals surface area contributed by atoms with Crippen LogP contribution in [-0.2, 0) is 0 Å². The summed E-state index contributed by atoms with van der Waals surface area (Å²) in [6, 6.07) is 3.57. The molecule has 2 aromatic rings. The van der Waals surface area contributed by atoms with Crippen LogP contribution in [0.2, 0.25) is 0 Å². The zero-order chi connectivity index (χ0) is 14.0. The van der Waals surface area contributed by atoms with Gasteiger partial charge < -0.3 is 16.5 Å². The van der Waals surface area contributed by atoms with Crippen molar-refractivity contribution >= 4 is 40.2 Å². The monoisotopic (exact) mass is 270 g/mol. The molecule has 6 N–H and O–H groups in total. The van der Waals surface area contributed by atoms with Crippen molar-refractivity contribution in [2.75, 3.05) is 0 Å². The molecule has 2 heterocycles. The number of nitrogens with one attached hydrogen (secondary N) is 2. The van der Waals surface area contributed by atoms with Gasteiger partial charge in [0.1, 0.15) is 22.5 Å². The Morgan fingerprint density at radius 1 is 1.53 bits per heavy atom. The Balaban J connectivity index is 2.73. The van der Waals surface area contributed by atoms with Gasteiger partial charge in [-0.2, -0.15) is 5.26 Å². The average molecular weight is 270 g/mol. The van der Waals surface area contributed by atoms with Gasteiger partial charge in [-0.05, 0) is 12.1 Å². The van der Waals surface area contributed by atoms with Gasteiger partial charge in [-0.3, -0.25) is 5.41 Å². The van der Waals surface area contributed by atoms with Crippen LogP contribution in [0.25, 0.3) is 17.1 Å². The first-order chi connectivity index (χ1) is 9.04. The highest BCUT2D eigenvalue weighted by Crippen LogP contribution is 2.22. The largest absolute Gasteiger partial charge is 0.389 e. The lowest BCUT2D eigenvalue weighted by Gasteiger charge is -2.01. The Kier molecular flexibility index (Phi) is 3.27. The molecule has 2 rings (SSSR count). The van der Waals surface area contributed by atoms with Crippen molar-refractivity contribution in [3.8, 4) is 6.07 Å². The predicted octanol–water partition coefficient (Wildman–Crippen LogP) is 1.04. The zero-order valence-corrected chi connectivity index (χ0v) is 10.6. The van der Waals surface area contributed by atoms with E-state index in [0.717, 1.165) is 0 Å². The molecule has 0 saturated heterocycles. The summed E-state index contributed by atoms with van der Waals surface area (Å²) in [6.07, 6.45) is 4.77. The SMILES string of the molecule is N#CC(=Cc1c[nH]c2nccc(C(=N)N)c12)C(N)=S. The quantitative estimate of drug-likeness (QED) is 0.218. The van der Waals surface area contributed by atoms with Gasteiger partial charge in [0, 0.05) is 28.9 Å². The molecule has 0 radical (unpaired) electrons.